The molecule has 0 atom stereocenters. The molecule has 0 spiro atoms. The molecule has 1 aliphatic carbocycles. The zero-order valence-electron chi connectivity index (χ0n) is 8.21. The Morgan fingerprint density at radius 3 is 1.73 bits per heavy atom. The fourth-order valence-corrected chi connectivity index (χ4v) is 1.30. The maximum absolute atomic E-state index is 3.42. The first-order chi connectivity index (χ1) is 4.38. The van der Waals surface area contributed by atoms with Crippen molar-refractivity contribution < 1.29 is 21.7 Å². The van der Waals surface area contributed by atoms with Crippen LogP contribution < -0.4 is 0 Å². The molecular weight excluding hydrogens is 168 g/mol. The fourth-order valence-electron chi connectivity index (χ4n) is 1.30. The van der Waals surface area contributed by atoms with Gasteiger partial charge in [0.15, 0.2) is 0 Å². The first-order valence-corrected chi connectivity index (χ1v) is 3.96. The van der Waals surface area contributed by atoms with E-state index < -0.39 is 0 Å². The smallest absolute Gasteiger partial charge is 0 e. The molecule has 0 unspecified atom stereocenters. The van der Waals surface area contributed by atoms with Crippen LogP contribution in [0.25, 0.3) is 0 Å². The van der Waals surface area contributed by atoms with Gasteiger partial charge in [0, 0.05) is 21.7 Å². The fraction of sp³-hybridized carbons (Fsp3) is 0.800. The molecule has 0 N–H and O–H groups in total. The van der Waals surface area contributed by atoms with E-state index in [-0.39, 0.29) is 21.7 Å². The molecule has 0 aliphatic heterocycles. The zero-order chi connectivity index (χ0) is 7.99. The average Bonchev–Trinajstić information content (AvgIpc) is 1.94. The van der Waals surface area contributed by atoms with E-state index in [9.17, 15) is 0 Å². The number of hydrogen-bond donors (Lipinski definition) is 0. The Labute approximate surface area is 85.3 Å². The molecule has 0 aromatic heterocycles. The van der Waals surface area contributed by atoms with Crippen LogP contribution in [0.5, 0.6) is 0 Å². The molecular formula is C10H17Ti-. The Kier molecular flexibility index (Phi) is 3.19. The third-order valence-corrected chi connectivity index (χ3v) is 3.42. The van der Waals surface area contributed by atoms with Crippen LogP contribution in [0, 0.1) is 16.9 Å². The van der Waals surface area contributed by atoms with Crippen molar-refractivity contribution in [3.05, 3.63) is 11.6 Å². The first-order valence-electron chi connectivity index (χ1n) is 3.96. The van der Waals surface area contributed by atoms with E-state index in [1.165, 1.54) is 5.57 Å². The van der Waals surface area contributed by atoms with Gasteiger partial charge in [-0.05, 0) is 5.41 Å². The van der Waals surface area contributed by atoms with Crippen molar-refractivity contribution in [1.29, 1.82) is 0 Å². The van der Waals surface area contributed by atoms with Crippen LogP contribution in [-0.2, 0) is 21.7 Å². The van der Waals surface area contributed by atoms with Crippen molar-refractivity contribution in [2.75, 3.05) is 0 Å². The van der Waals surface area contributed by atoms with Crippen LogP contribution in [0.15, 0.2) is 5.57 Å². The van der Waals surface area contributed by atoms with Crippen molar-refractivity contribution in [2.45, 2.75) is 41.0 Å². The van der Waals surface area contributed by atoms with Crippen LogP contribution in [0.3, 0.4) is 0 Å². The van der Waals surface area contributed by atoms with Crippen LogP contribution >= 0.6 is 0 Å². The molecule has 62 valence electrons. The van der Waals surface area contributed by atoms with Gasteiger partial charge in [0.2, 0.25) is 0 Å². The molecule has 0 amide bonds. The van der Waals surface area contributed by atoms with Gasteiger partial charge in [-0.2, -0.15) is 6.42 Å². The molecule has 0 bridgehead atoms. The van der Waals surface area contributed by atoms with Gasteiger partial charge in [-0.15, -0.1) is 0 Å². The molecule has 0 aromatic carbocycles. The van der Waals surface area contributed by atoms with Gasteiger partial charge in [-0.3, -0.25) is 5.57 Å². The summed E-state index contributed by atoms with van der Waals surface area (Å²) in [5.41, 5.74) is 2.20. The van der Waals surface area contributed by atoms with Gasteiger partial charge in [0.25, 0.3) is 0 Å². The summed E-state index contributed by atoms with van der Waals surface area (Å²) in [5, 5.41) is 0. The van der Waals surface area contributed by atoms with E-state index in [1.807, 2.05) is 0 Å². The van der Waals surface area contributed by atoms with E-state index in [4.69, 9.17) is 0 Å². The standard InChI is InChI=1S/C10H17.Ti/c1-8-6-7-9(2,3)10(8,4)5;/h7H2,1-5H3;/q-1;. The summed E-state index contributed by atoms with van der Waals surface area (Å²) < 4.78 is 0. The van der Waals surface area contributed by atoms with Gasteiger partial charge in [-0.1, -0.05) is 40.0 Å². The minimum atomic E-state index is 0. The van der Waals surface area contributed by atoms with Crippen LogP contribution in [-0.4, -0.2) is 0 Å². The van der Waals surface area contributed by atoms with Gasteiger partial charge in [-0.25, -0.2) is 0 Å². The van der Waals surface area contributed by atoms with E-state index in [0.29, 0.717) is 10.8 Å². The topological polar surface area (TPSA) is 0 Å². The quantitative estimate of drug-likeness (QED) is 0.401. The van der Waals surface area contributed by atoms with Crippen molar-refractivity contribution in [3.8, 4) is 0 Å². The maximum atomic E-state index is 3.42. The summed E-state index contributed by atoms with van der Waals surface area (Å²) in [7, 11) is 0. The largest absolute Gasteiger partial charge is 0.496 e. The van der Waals surface area contributed by atoms with E-state index in [2.05, 4.69) is 40.7 Å². The van der Waals surface area contributed by atoms with Crippen molar-refractivity contribution in [2.24, 2.45) is 10.8 Å². The second kappa shape index (κ2) is 3.07. The summed E-state index contributed by atoms with van der Waals surface area (Å²) in [6.45, 7) is 11.4. The van der Waals surface area contributed by atoms with Crippen LogP contribution in [0.2, 0.25) is 0 Å². The summed E-state index contributed by atoms with van der Waals surface area (Å²) in [5.74, 6) is 0. The number of rotatable bonds is 0. The van der Waals surface area contributed by atoms with E-state index >= 15 is 0 Å². The maximum Gasteiger partial charge on any atom is 0 e. The summed E-state index contributed by atoms with van der Waals surface area (Å²) in [4.78, 5) is 0. The second-order valence-electron chi connectivity index (χ2n) is 4.49. The first kappa shape index (κ1) is 11.5. The SMILES string of the molecule is CC1=[C-]CC(C)(C)C1(C)C.[Ti]. The molecule has 1 rings (SSSR count). The Morgan fingerprint density at radius 1 is 1.18 bits per heavy atom. The molecule has 0 saturated heterocycles. The summed E-state index contributed by atoms with van der Waals surface area (Å²) in [6.07, 6.45) is 4.53. The molecule has 1 aliphatic rings. The minimum absolute atomic E-state index is 0. The van der Waals surface area contributed by atoms with Crippen molar-refractivity contribution in [1.82, 2.24) is 0 Å². The second-order valence-corrected chi connectivity index (χ2v) is 4.49. The monoisotopic (exact) mass is 185 g/mol. The van der Waals surface area contributed by atoms with Crippen LogP contribution in [0.4, 0.5) is 0 Å². The Morgan fingerprint density at radius 2 is 1.64 bits per heavy atom. The predicted molar refractivity (Wildman–Crippen MR) is 44.6 cm³/mol. The molecule has 0 saturated carbocycles. The van der Waals surface area contributed by atoms with E-state index in [1.54, 1.807) is 0 Å². The molecule has 0 heterocycles. The van der Waals surface area contributed by atoms with Crippen molar-refractivity contribution >= 4 is 0 Å². The molecule has 0 nitrogen and oxygen atoms in total. The zero-order valence-corrected chi connectivity index (χ0v) is 9.77. The molecule has 1 heteroatoms. The predicted octanol–water partition coefficient (Wildman–Crippen LogP) is 3.19. The third-order valence-electron chi connectivity index (χ3n) is 3.42. The minimum Gasteiger partial charge on any atom is -0.496 e. The third kappa shape index (κ3) is 1.62. The summed E-state index contributed by atoms with van der Waals surface area (Å²) in [6, 6.07) is 0. The van der Waals surface area contributed by atoms with E-state index in [0.717, 1.165) is 6.42 Å². The van der Waals surface area contributed by atoms with Gasteiger partial charge in [0.1, 0.15) is 0 Å². The Balaban J connectivity index is 0.000001000. The molecule has 0 aromatic rings. The number of allylic oxidation sites excluding steroid dienone is 2. The normalized spacial score (nSPS) is 25.7. The van der Waals surface area contributed by atoms with Crippen LogP contribution in [0.1, 0.15) is 41.0 Å². The Hall–Kier alpha value is 0.454. The average molecular weight is 185 g/mol. The van der Waals surface area contributed by atoms with Crippen molar-refractivity contribution in [3.63, 3.8) is 0 Å². The van der Waals surface area contributed by atoms with Gasteiger partial charge >= 0.3 is 0 Å². The molecule has 0 radical (unpaired) electrons. The molecule has 0 fully saturated rings. The van der Waals surface area contributed by atoms with Gasteiger partial charge in [0.05, 0.1) is 0 Å². The number of hydrogen-bond acceptors (Lipinski definition) is 0. The van der Waals surface area contributed by atoms with Gasteiger partial charge < -0.3 is 6.08 Å². The summed E-state index contributed by atoms with van der Waals surface area (Å²) >= 11 is 0. The molecule has 11 heavy (non-hydrogen) atoms. The Bertz CT molecular complexity index is 175.